The molecule has 2 unspecified atom stereocenters. The highest BCUT2D eigenvalue weighted by atomic mass is 16.5. The first kappa shape index (κ1) is 16.6. The number of ether oxygens (including phenoxy) is 3. The lowest BCUT2D eigenvalue weighted by molar-refractivity contribution is -0.201. The van der Waals surface area contributed by atoms with E-state index in [2.05, 4.69) is 16.0 Å². The van der Waals surface area contributed by atoms with Crippen molar-refractivity contribution in [2.45, 2.75) is 50.7 Å². The summed E-state index contributed by atoms with van der Waals surface area (Å²) >= 11 is 0. The van der Waals surface area contributed by atoms with E-state index in [-0.39, 0.29) is 5.60 Å². The molecule has 4 bridgehead atoms. The van der Waals surface area contributed by atoms with E-state index in [0.29, 0.717) is 31.8 Å². The second-order valence-electron chi connectivity index (χ2n) is 8.30. The predicted molar refractivity (Wildman–Crippen MR) is 90.7 cm³/mol. The number of rotatable bonds is 9. The van der Waals surface area contributed by atoms with Gasteiger partial charge in [-0.15, -0.1) is 0 Å². The molecule has 5 rings (SSSR count). The van der Waals surface area contributed by atoms with Crippen molar-refractivity contribution in [1.29, 1.82) is 0 Å². The highest BCUT2D eigenvalue weighted by molar-refractivity contribution is 5.09. The van der Waals surface area contributed by atoms with E-state index in [1.54, 1.807) is 7.11 Å². The predicted octanol–water partition coefficient (Wildman–Crippen LogP) is 2.90. The molecule has 0 saturated heterocycles. The van der Waals surface area contributed by atoms with Crippen LogP contribution < -0.4 is 0 Å². The molecule has 4 fully saturated rings. The van der Waals surface area contributed by atoms with Crippen molar-refractivity contribution < 1.29 is 14.2 Å². The Labute approximate surface area is 144 Å². The molecule has 4 saturated carbocycles. The minimum Gasteiger partial charge on any atom is -0.382 e. The zero-order chi connectivity index (χ0) is 16.5. The molecule has 4 aliphatic carbocycles. The van der Waals surface area contributed by atoms with E-state index >= 15 is 0 Å². The summed E-state index contributed by atoms with van der Waals surface area (Å²) in [5, 5.41) is 4.46. The van der Waals surface area contributed by atoms with E-state index in [9.17, 15) is 0 Å². The summed E-state index contributed by atoms with van der Waals surface area (Å²) in [6.07, 6.45) is 11.8. The number of hydrogen-bond acceptors (Lipinski definition) is 4. The molecular weight excluding hydrogens is 304 g/mol. The van der Waals surface area contributed by atoms with Gasteiger partial charge in [0.25, 0.3) is 0 Å². The molecule has 0 aliphatic heterocycles. The number of nitrogens with zero attached hydrogens (tertiary/aromatic N) is 2. The number of aromatic nitrogens is 2. The summed E-state index contributed by atoms with van der Waals surface area (Å²) in [6.45, 7) is 3.75. The van der Waals surface area contributed by atoms with Crippen molar-refractivity contribution in [3.8, 4) is 0 Å². The normalized spacial score (nSPS) is 37.2. The summed E-state index contributed by atoms with van der Waals surface area (Å²) in [6, 6.07) is 2.03. The lowest BCUT2D eigenvalue weighted by Gasteiger charge is -2.61. The van der Waals surface area contributed by atoms with Gasteiger partial charge < -0.3 is 14.2 Å². The fourth-order valence-electron chi connectivity index (χ4n) is 6.02. The molecular formula is C19H30N2O3. The van der Waals surface area contributed by atoms with Crippen LogP contribution in [0.25, 0.3) is 0 Å². The van der Waals surface area contributed by atoms with Gasteiger partial charge in [-0.25, -0.2) is 0 Å². The molecule has 0 amide bonds. The van der Waals surface area contributed by atoms with Crippen LogP contribution in [0.2, 0.25) is 0 Å². The number of hydrogen-bond donors (Lipinski definition) is 0. The van der Waals surface area contributed by atoms with Crippen LogP contribution in [0.3, 0.4) is 0 Å². The van der Waals surface area contributed by atoms with Crippen LogP contribution in [0.5, 0.6) is 0 Å². The van der Waals surface area contributed by atoms with Gasteiger partial charge in [0, 0.05) is 26.0 Å². The summed E-state index contributed by atoms with van der Waals surface area (Å²) < 4.78 is 19.2. The first-order chi connectivity index (χ1) is 11.7. The molecule has 5 nitrogen and oxygen atoms in total. The summed E-state index contributed by atoms with van der Waals surface area (Å²) in [5.41, 5.74) is 0.495. The van der Waals surface area contributed by atoms with E-state index in [0.717, 1.165) is 18.4 Å². The fraction of sp³-hybridized carbons (Fsp3) is 0.842. The average Bonchev–Trinajstić information content (AvgIpc) is 3.01. The largest absolute Gasteiger partial charge is 0.382 e. The molecule has 1 aromatic rings. The van der Waals surface area contributed by atoms with Crippen LogP contribution in [-0.4, -0.2) is 48.9 Å². The molecule has 2 atom stereocenters. The summed E-state index contributed by atoms with van der Waals surface area (Å²) in [4.78, 5) is 0. The molecule has 134 valence electrons. The summed E-state index contributed by atoms with van der Waals surface area (Å²) in [7, 11) is 1.70. The topological polar surface area (TPSA) is 45.5 Å². The third-order valence-electron chi connectivity index (χ3n) is 6.25. The third kappa shape index (κ3) is 3.39. The lowest BCUT2D eigenvalue weighted by Crippen LogP contribution is -2.58. The Hall–Kier alpha value is -0.910. The maximum Gasteiger partial charge on any atom is 0.0708 e. The Bertz CT molecular complexity index is 517. The third-order valence-corrected chi connectivity index (χ3v) is 6.25. The molecule has 1 heterocycles. The minimum atomic E-state index is 0.0991. The van der Waals surface area contributed by atoms with E-state index in [4.69, 9.17) is 14.2 Å². The quantitative estimate of drug-likeness (QED) is 0.652. The monoisotopic (exact) mass is 334 g/mol. The Balaban J connectivity index is 1.37. The molecule has 1 aromatic heterocycles. The van der Waals surface area contributed by atoms with Crippen LogP contribution in [0.1, 0.15) is 38.5 Å². The van der Waals surface area contributed by atoms with Crippen LogP contribution in [0, 0.1) is 17.3 Å². The Morgan fingerprint density at radius 3 is 2.58 bits per heavy atom. The second kappa shape index (κ2) is 6.77. The highest BCUT2D eigenvalue weighted by Crippen LogP contribution is 2.63. The van der Waals surface area contributed by atoms with Crippen molar-refractivity contribution in [3.05, 3.63) is 18.5 Å². The second-order valence-corrected chi connectivity index (χ2v) is 8.30. The van der Waals surface area contributed by atoms with Gasteiger partial charge in [-0.2, -0.15) is 5.10 Å². The van der Waals surface area contributed by atoms with Gasteiger partial charge >= 0.3 is 0 Å². The van der Waals surface area contributed by atoms with Crippen LogP contribution >= 0.6 is 0 Å². The SMILES string of the molecule is COCCOCCOC12CC3CC(CC(Cn4cccn4)(C3)C1)C2. The van der Waals surface area contributed by atoms with E-state index in [1.807, 2.05) is 12.3 Å². The van der Waals surface area contributed by atoms with Crippen molar-refractivity contribution >= 4 is 0 Å². The maximum atomic E-state index is 6.47. The Morgan fingerprint density at radius 2 is 1.88 bits per heavy atom. The smallest absolute Gasteiger partial charge is 0.0708 e. The van der Waals surface area contributed by atoms with Gasteiger partial charge in [-0.1, -0.05) is 0 Å². The lowest BCUT2D eigenvalue weighted by atomic mass is 9.48. The minimum absolute atomic E-state index is 0.0991. The summed E-state index contributed by atoms with van der Waals surface area (Å²) in [5.74, 6) is 1.69. The maximum absolute atomic E-state index is 6.47. The van der Waals surface area contributed by atoms with E-state index in [1.165, 1.54) is 38.5 Å². The average molecular weight is 334 g/mol. The molecule has 0 spiro atoms. The van der Waals surface area contributed by atoms with Crippen molar-refractivity contribution in [3.63, 3.8) is 0 Å². The van der Waals surface area contributed by atoms with Crippen LogP contribution in [-0.2, 0) is 20.8 Å². The van der Waals surface area contributed by atoms with Gasteiger partial charge in [0.1, 0.15) is 0 Å². The molecule has 0 N–H and O–H groups in total. The first-order valence-electron chi connectivity index (χ1n) is 9.39. The van der Waals surface area contributed by atoms with Crippen molar-refractivity contribution in [2.75, 3.05) is 33.5 Å². The van der Waals surface area contributed by atoms with Crippen LogP contribution in [0.4, 0.5) is 0 Å². The van der Waals surface area contributed by atoms with Crippen molar-refractivity contribution in [2.24, 2.45) is 17.3 Å². The number of methoxy groups -OCH3 is 1. The van der Waals surface area contributed by atoms with Crippen molar-refractivity contribution in [1.82, 2.24) is 9.78 Å². The van der Waals surface area contributed by atoms with Crippen LogP contribution in [0.15, 0.2) is 18.5 Å². The van der Waals surface area contributed by atoms with Gasteiger partial charge in [-0.3, -0.25) is 4.68 Å². The standard InChI is InChI=1S/C19H30N2O3/c1-22-5-6-23-7-8-24-19-12-16-9-17(13-19)11-18(10-16,14-19)15-21-4-2-3-20-21/h2-4,16-17H,5-15H2,1H3. The highest BCUT2D eigenvalue weighted by Gasteiger charge is 2.58. The van der Waals surface area contributed by atoms with Gasteiger partial charge in [0.15, 0.2) is 0 Å². The molecule has 5 heteroatoms. The first-order valence-corrected chi connectivity index (χ1v) is 9.39. The molecule has 0 aromatic carbocycles. The molecule has 0 radical (unpaired) electrons. The van der Waals surface area contributed by atoms with Gasteiger partial charge in [-0.05, 0) is 61.8 Å². The van der Waals surface area contributed by atoms with E-state index < -0.39 is 0 Å². The van der Waals surface area contributed by atoms with Gasteiger partial charge in [0.05, 0.1) is 32.0 Å². The Morgan fingerprint density at radius 1 is 1.08 bits per heavy atom. The Kier molecular flexibility index (Phi) is 4.67. The van der Waals surface area contributed by atoms with Gasteiger partial charge in [0.2, 0.25) is 0 Å². The molecule has 24 heavy (non-hydrogen) atoms. The molecule has 4 aliphatic rings. The zero-order valence-corrected chi connectivity index (χ0v) is 14.8. The fourth-order valence-corrected chi connectivity index (χ4v) is 6.02. The zero-order valence-electron chi connectivity index (χ0n) is 14.8.